The largest absolute Gasteiger partial charge is 0.246 e. The molecule has 0 bridgehead atoms. The third-order valence-corrected chi connectivity index (χ3v) is 10.9. The molecule has 8 aromatic rings. The minimum absolute atomic E-state index is 0.400. The average Bonchev–Trinajstić information content (AvgIpc) is 3.83. The van der Waals surface area contributed by atoms with Crippen LogP contribution in [0.15, 0.2) is 202 Å². The first-order valence-electron chi connectivity index (χ1n) is 23.0. The fourth-order valence-electron chi connectivity index (χ4n) is 8.09. The van der Waals surface area contributed by atoms with Crippen LogP contribution in [-0.4, -0.2) is 22.8 Å². The maximum absolute atomic E-state index is 5.26. The van der Waals surface area contributed by atoms with Crippen molar-refractivity contribution in [3.05, 3.63) is 215 Å². The predicted molar refractivity (Wildman–Crippen MR) is 310 cm³/mol. The molecule has 4 nitrogen and oxygen atoms in total. The summed E-state index contributed by atoms with van der Waals surface area (Å²) in [4.78, 5) is 20.4. The molecule has 0 aromatic heterocycles. The van der Waals surface area contributed by atoms with E-state index < -0.39 is 0 Å². The molecule has 69 heavy (non-hydrogen) atoms. The molecule has 0 atom stereocenters. The van der Waals surface area contributed by atoms with Gasteiger partial charge in [-0.3, -0.25) is 0 Å². The summed E-state index contributed by atoms with van der Waals surface area (Å²) < 4.78 is 0. The normalized spacial score (nSPS) is 14.2. The zero-order valence-corrected chi connectivity index (χ0v) is 48.4. The zero-order chi connectivity index (χ0) is 49.7. The van der Waals surface area contributed by atoms with Gasteiger partial charge in [0.25, 0.3) is 0 Å². The van der Waals surface area contributed by atoms with Crippen molar-refractivity contribution >= 4 is 124 Å². The molecule has 0 spiro atoms. The summed E-state index contributed by atoms with van der Waals surface area (Å²) in [5, 5.41) is 4.93. The van der Waals surface area contributed by atoms with Crippen molar-refractivity contribution in [2.75, 3.05) is 0 Å². The van der Waals surface area contributed by atoms with Gasteiger partial charge in [0.15, 0.2) is 0 Å². The molecule has 2 aliphatic carbocycles. The van der Waals surface area contributed by atoms with Gasteiger partial charge in [0, 0.05) is 33.0 Å². The van der Waals surface area contributed by atoms with E-state index in [0.717, 1.165) is 67.9 Å². The van der Waals surface area contributed by atoms with Crippen molar-refractivity contribution in [2.24, 2.45) is 20.0 Å². The molecule has 2 aliphatic rings. The van der Waals surface area contributed by atoms with Crippen LogP contribution >= 0.6 is 56.9 Å². The molecule has 0 heterocycles. The number of hydrogen-bond donors (Lipinski definition) is 0. The van der Waals surface area contributed by atoms with E-state index in [0.29, 0.717) is 11.8 Å². The average molecular weight is 1260 g/mol. The smallest absolute Gasteiger partial charge is 0.0978 e. The van der Waals surface area contributed by atoms with E-state index in [2.05, 4.69) is 220 Å². The van der Waals surface area contributed by atoms with Crippen LogP contribution in [0.3, 0.4) is 0 Å². The van der Waals surface area contributed by atoms with Gasteiger partial charge < -0.3 is 0 Å². The third-order valence-electron chi connectivity index (χ3n) is 10.9. The molecule has 10 heteroatoms. The Hall–Kier alpha value is -4.13. The molecular weight excluding hydrogens is 1200 g/mol. The summed E-state index contributed by atoms with van der Waals surface area (Å²) in [7, 11) is 2.50. The third kappa shape index (κ3) is 14.5. The van der Waals surface area contributed by atoms with Crippen LogP contribution in [-0.2, 0) is 21.8 Å². The fourth-order valence-corrected chi connectivity index (χ4v) is 8.09. The van der Waals surface area contributed by atoms with Gasteiger partial charge in [0.2, 0.25) is 0 Å². The van der Waals surface area contributed by atoms with Gasteiger partial charge in [-0.05, 0) is 70.1 Å². The minimum Gasteiger partial charge on any atom is -0.246 e. The van der Waals surface area contributed by atoms with Crippen LogP contribution in [0, 0.1) is 0 Å². The van der Waals surface area contributed by atoms with Crippen molar-refractivity contribution in [3.8, 4) is 0 Å². The van der Waals surface area contributed by atoms with E-state index >= 15 is 0 Å². The van der Waals surface area contributed by atoms with Crippen LogP contribution in [0.25, 0.3) is 21.5 Å². The molecule has 10 rings (SSSR count). The molecule has 0 saturated carbocycles. The Morgan fingerprint density at radius 3 is 0.913 bits per heavy atom. The first-order chi connectivity index (χ1) is 33.7. The standard InChI is InChI=1S/C30H28N2.C24H16N2.C3H8.C2H6.4BrH.2Ni/c1-19(2)22-13-5-7-17-26(22)31-29-24-15-9-11-21-12-10-16-25(28(21)24)30(29)32-27-18-8-6-14-23(27)20(3)4;1-3-11-18(12-4-1)25-23-20-15-7-9-17-10-8-16-21(22(17)20)24(23)26-19-13-5-2-6-14-19;1-3-2;1-2;;;;;;/h5-20H,1-4H3;1-16H;3H2,1-2H3;1-2H3;4*1H;;/q;;;;;;;;2*+2/p-4. The Balaban J connectivity index is 0.000000216. The van der Waals surface area contributed by atoms with Gasteiger partial charge in [-0.15, -0.1) is 0 Å². The van der Waals surface area contributed by atoms with E-state index in [4.69, 9.17) is 20.0 Å². The molecular formula is C59H58Br4N4Ni2. The summed E-state index contributed by atoms with van der Waals surface area (Å²) in [6.07, 6.45) is 1.25. The minimum atomic E-state index is 0.400. The van der Waals surface area contributed by atoms with Crippen molar-refractivity contribution in [3.63, 3.8) is 0 Å². The predicted octanol–water partition coefficient (Wildman–Crippen LogP) is 20.3. The molecule has 0 amide bonds. The second-order valence-electron chi connectivity index (χ2n) is 16.2. The van der Waals surface area contributed by atoms with Gasteiger partial charge in [-0.2, -0.15) is 0 Å². The second-order valence-corrected chi connectivity index (χ2v) is 26.1. The Morgan fingerprint density at radius 2 is 0.623 bits per heavy atom. The molecule has 0 fully saturated rings. The summed E-state index contributed by atoms with van der Waals surface area (Å²) >= 11 is 12.0. The monoisotopic (exact) mass is 1250 g/mol. The van der Waals surface area contributed by atoms with E-state index in [1.165, 1.54) is 60.9 Å². The molecule has 0 unspecified atom stereocenters. The van der Waals surface area contributed by atoms with Crippen LogP contribution in [0.5, 0.6) is 0 Å². The number of benzene rings is 8. The van der Waals surface area contributed by atoms with E-state index in [1.54, 1.807) is 0 Å². The van der Waals surface area contributed by atoms with Gasteiger partial charge in [-0.25, -0.2) is 20.0 Å². The Labute approximate surface area is 450 Å². The van der Waals surface area contributed by atoms with Crippen molar-refractivity contribution < 1.29 is 21.8 Å². The number of para-hydroxylation sites is 4. The Kier molecular flexibility index (Phi) is 23.7. The number of rotatable bonds is 6. The molecule has 0 aliphatic heterocycles. The molecule has 0 radical (unpaired) electrons. The fraction of sp³-hybridized carbons (Fsp3) is 0.186. The molecule has 0 saturated heterocycles. The van der Waals surface area contributed by atoms with E-state index in [1.807, 2.05) is 74.5 Å². The topological polar surface area (TPSA) is 49.4 Å². The summed E-state index contributed by atoms with van der Waals surface area (Å²) in [5.74, 6) is 0.800. The van der Waals surface area contributed by atoms with E-state index in [9.17, 15) is 0 Å². The number of nitrogens with zero attached hydrogens (tertiary/aromatic N) is 4. The van der Waals surface area contributed by atoms with Crippen LogP contribution in [0.2, 0.25) is 0 Å². The Bertz CT molecular complexity index is 2830. The van der Waals surface area contributed by atoms with Crippen molar-refractivity contribution in [1.82, 2.24) is 0 Å². The van der Waals surface area contributed by atoms with Gasteiger partial charge in [0.1, 0.15) is 0 Å². The summed E-state index contributed by atoms with van der Waals surface area (Å²) in [5.41, 5.74) is 14.9. The summed E-state index contributed by atoms with van der Waals surface area (Å²) in [6, 6.07) is 62.8. The SMILES string of the molecule is CC.CC(C)c1ccccc1N=C1C(=Nc2ccccc2C(C)C)c2cccc3cccc1c23.CCC.[Br][Ni][Br].[Br][Ni][Br].c1ccc(N=C2C(=Nc3ccccc3)c3cccc4cccc2c34)cc1. The van der Waals surface area contributed by atoms with Gasteiger partial charge >= 0.3 is 78.7 Å². The van der Waals surface area contributed by atoms with E-state index in [-0.39, 0.29) is 0 Å². The van der Waals surface area contributed by atoms with Crippen LogP contribution < -0.4 is 0 Å². The molecule has 0 N–H and O–H groups in total. The number of halogens is 4. The van der Waals surface area contributed by atoms with Gasteiger partial charge in [-0.1, -0.05) is 207 Å². The quantitative estimate of drug-likeness (QED) is 0.149. The maximum Gasteiger partial charge on any atom is 0.0978 e. The first kappa shape index (κ1) is 55.8. The second kappa shape index (κ2) is 29.3. The maximum atomic E-state index is 5.26. The summed E-state index contributed by atoms with van der Waals surface area (Å²) in [6.45, 7) is 17.1. The molecule has 362 valence electrons. The first-order valence-corrected chi connectivity index (χ1v) is 32.8. The van der Waals surface area contributed by atoms with Crippen molar-refractivity contribution in [2.45, 2.75) is 73.6 Å². The van der Waals surface area contributed by atoms with Crippen LogP contribution in [0.4, 0.5) is 22.7 Å². The number of aliphatic imine (C=N–C) groups is 4. The van der Waals surface area contributed by atoms with Crippen LogP contribution in [0.1, 0.15) is 107 Å². The van der Waals surface area contributed by atoms with Crippen molar-refractivity contribution in [1.29, 1.82) is 0 Å². The Morgan fingerprint density at radius 1 is 0.362 bits per heavy atom. The zero-order valence-electron chi connectivity index (χ0n) is 40.1. The molecule has 8 aromatic carbocycles. The van der Waals surface area contributed by atoms with Gasteiger partial charge in [0.05, 0.1) is 45.6 Å². The number of hydrogen-bond acceptors (Lipinski definition) is 4.